The monoisotopic (exact) mass is 564 g/mol. The molecule has 0 spiro atoms. The molecule has 1 aliphatic rings. The molecule has 0 saturated heterocycles. The number of allylic oxidation sites excluding steroid dienone is 2. The summed E-state index contributed by atoms with van der Waals surface area (Å²) >= 11 is 0. The highest BCUT2D eigenvalue weighted by Crippen LogP contribution is 2.75. The Morgan fingerprint density at radius 1 is 0.409 bits per heavy atom. The quantitative estimate of drug-likeness (QED) is 0.172. The zero-order valence-corrected chi connectivity index (χ0v) is 25.1. The van der Waals surface area contributed by atoms with Crippen molar-refractivity contribution >= 4 is 11.1 Å². The van der Waals surface area contributed by atoms with E-state index in [4.69, 9.17) is 0 Å². The summed E-state index contributed by atoms with van der Waals surface area (Å²) in [6.45, 7) is 2.47. The van der Waals surface area contributed by atoms with E-state index < -0.39 is 0 Å². The second-order valence-corrected chi connectivity index (χ2v) is 11.9. The fourth-order valence-electron chi connectivity index (χ4n) is 7.36. The van der Waals surface area contributed by atoms with Crippen LogP contribution < -0.4 is 0 Å². The third kappa shape index (κ3) is 4.83. The van der Waals surface area contributed by atoms with Crippen molar-refractivity contribution in [1.29, 1.82) is 0 Å². The third-order valence-corrected chi connectivity index (χ3v) is 9.45. The van der Waals surface area contributed by atoms with Gasteiger partial charge >= 0.3 is 0 Å². The van der Waals surface area contributed by atoms with E-state index in [1.165, 1.54) is 44.5 Å². The largest absolute Gasteiger partial charge is 0.0708 e. The van der Waals surface area contributed by atoms with Crippen LogP contribution in [0.15, 0.2) is 194 Å². The SMILES string of the molecule is C[C@]1(C=C(c2ccccc2)c2ccccc2)[C@H](C=C(c2ccccc2)c2ccccc2)C1(c1ccccc1)c1ccccc1. The fraction of sp³-hybridized carbons (Fsp3) is 0.0909. The Morgan fingerprint density at radius 2 is 0.705 bits per heavy atom. The van der Waals surface area contributed by atoms with Crippen molar-refractivity contribution in [2.24, 2.45) is 11.3 Å². The maximum Gasteiger partial charge on any atom is 0.0368 e. The Morgan fingerprint density at radius 3 is 1.05 bits per heavy atom. The molecule has 0 aliphatic heterocycles. The minimum absolute atomic E-state index is 0.192. The molecule has 0 unspecified atom stereocenters. The molecule has 0 bridgehead atoms. The van der Waals surface area contributed by atoms with Gasteiger partial charge in [0.2, 0.25) is 0 Å². The average molecular weight is 565 g/mol. The number of benzene rings is 6. The van der Waals surface area contributed by atoms with E-state index in [1.807, 2.05) is 0 Å². The lowest BCUT2D eigenvalue weighted by molar-refractivity contribution is 0.617. The first-order chi connectivity index (χ1) is 21.7. The topological polar surface area (TPSA) is 0 Å². The van der Waals surface area contributed by atoms with E-state index >= 15 is 0 Å². The Hall–Kier alpha value is -5.20. The molecule has 1 saturated carbocycles. The molecule has 6 aromatic rings. The summed E-state index contributed by atoms with van der Waals surface area (Å²) < 4.78 is 0. The lowest BCUT2D eigenvalue weighted by Crippen LogP contribution is -2.18. The summed E-state index contributed by atoms with van der Waals surface area (Å²) in [4.78, 5) is 0. The third-order valence-electron chi connectivity index (χ3n) is 9.45. The highest BCUT2D eigenvalue weighted by molar-refractivity contribution is 5.84. The predicted molar refractivity (Wildman–Crippen MR) is 185 cm³/mol. The van der Waals surface area contributed by atoms with Gasteiger partial charge in [-0.2, -0.15) is 0 Å². The van der Waals surface area contributed by atoms with Gasteiger partial charge in [0.25, 0.3) is 0 Å². The van der Waals surface area contributed by atoms with E-state index in [0.717, 1.165) is 0 Å². The molecule has 2 atom stereocenters. The highest BCUT2D eigenvalue weighted by atomic mass is 14.7. The van der Waals surface area contributed by atoms with Gasteiger partial charge in [0.05, 0.1) is 0 Å². The molecule has 0 radical (unpaired) electrons. The number of hydrogen-bond acceptors (Lipinski definition) is 0. The van der Waals surface area contributed by atoms with Gasteiger partial charge in [-0.15, -0.1) is 0 Å². The van der Waals surface area contributed by atoms with Crippen LogP contribution in [0.4, 0.5) is 0 Å². The Balaban J connectivity index is 1.53. The molecular formula is C44H36. The van der Waals surface area contributed by atoms with Crippen LogP contribution in [-0.4, -0.2) is 0 Å². The van der Waals surface area contributed by atoms with Gasteiger partial charge in [-0.1, -0.05) is 201 Å². The molecule has 6 aromatic carbocycles. The van der Waals surface area contributed by atoms with Crippen LogP contribution in [0, 0.1) is 11.3 Å². The standard InChI is InChI=1S/C44H36/c1-43(33-41(36-24-12-4-13-25-36)37-26-14-5-15-27-37)42(32-40(34-20-8-2-9-21-34)35-22-10-3-11-23-35)44(43,38-28-16-6-17-29-38)39-30-18-7-19-31-39/h2-33,42H,1H3/t42-,43-/m0/s1. The first kappa shape index (κ1) is 27.6. The van der Waals surface area contributed by atoms with E-state index in [0.29, 0.717) is 0 Å². The van der Waals surface area contributed by atoms with E-state index in [9.17, 15) is 0 Å². The molecule has 0 heterocycles. The van der Waals surface area contributed by atoms with Crippen LogP contribution in [0.3, 0.4) is 0 Å². The number of hydrogen-bond donors (Lipinski definition) is 0. The Bertz CT molecular complexity index is 1750. The van der Waals surface area contributed by atoms with Crippen molar-refractivity contribution in [1.82, 2.24) is 0 Å². The van der Waals surface area contributed by atoms with Gasteiger partial charge in [-0.25, -0.2) is 0 Å². The lowest BCUT2D eigenvalue weighted by atomic mass is 9.79. The molecule has 0 nitrogen and oxygen atoms in total. The first-order valence-corrected chi connectivity index (χ1v) is 15.5. The van der Waals surface area contributed by atoms with Gasteiger partial charge in [0, 0.05) is 16.7 Å². The van der Waals surface area contributed by atoms with Crippen molar-refractivity contribution < 1.29 is 0 Å². The van der Waals surface area contributed by atoms with Crippen LogP contribution in [0.2, 0.25) is 0 Å². The summed E-state index contributed by atoms with van der Waals surface area (Å²) in [5.74, 6) is 0.192. The second-order valence-electron chi connectivity index (χ2n) is 11.9. The smallest absolute Gasteiger partial charge is 0.0368 e. The van der Waals surface area contributed by atoms with Crippen LogP contribution in [0.25, 0.3) is 11.1 Å². The van der Waals surface area contributed by atoms with Crippen molar-refractivity contribution in [3.05, 3.63) is 228 Å². The van der Waals surface area contributed by atoms with Gasteiger partial charge in [0.15, 0.2) is 0 Å². The summed E-state index contributed by atoms with van der Waals surface area (Å²) in [7, 11) is 0. The van der Waals surface area contributed by atoms with Crippen molar-refractivity contribution in [3.8, 4) is 0 Å². The molecule has 0 heteroatoms. The minimum atomic E-state index is -0.265. The van der Waals surface area contributed by atoms with Crippen molar-refractivity contribution in [2.45, 2.75) is 12.3 Å². The van der Waals surface area contributed by atoms with E-state index in [-0.39, 0.29) is 16.7 Å². The normalized spacial score (nSPS) is 18.2. The Kier molecular flexibility index (Phi) is 7.42. The molecule has 44 heavy (non-hydrogen) atoms. The van der Waals surface area contributed by atoms with E-state index in [1.54, 1.807) is 0 Å². The van der Waals surface area contributed by atoms with E-state index in [2.05, 4.69) is 201 Å². The van der Waals surface area contributed by atoms with Crippen LogP contribution >= 0.6 is 0 Å². The maximum absolute atomic E-state index is 2.58. The predicted octanol–water partition coefficient (Wildman–Crippen LogP) is 10.9. The Labute approximate surface area is 261 Å². The van der Waals surface area contributed by atoms with Gasteiger partial charge in [-0.3, -0.25) is 0 Å². The molecule has 212 valence electrons. The lowest BCUT2D eigenvalue weighted by Gasteiger charge is -2.24. The minimum Gasteiger partial charge on any atom is -0.0708 e. The van der Waals surface area contributed by atoms with Crippen molar-refractivity contribution in [2.75, 3.05) is 0 Å². The highest BCUT2D eigenvalue weighted by Gasteiger charge is 2.73. The fourth-order valence-corrected chi connectivity index (χ4v) is 7.36. The summed E-state index contributed by atoms with van der Waals surface area (Å²) in [5, 5.41) is 0. The first-order valence-electron chi connectivity index (χ1n) is 15.5. The maximum atomic E-state index is 2.58. The second kappa shape index (κ2) is 11.8. The molecule has 0 N–H and O–H groups in total. The van der Waals surface area contributed by atoms with Crippen LogP contribution in [-0.2, 0) is 5.41 Å². The average Bonchev–Trinajstić information content (AvgIpc) is 3.65. The summed E-state index contributed by atoms with van der Waals surface area (Å²) in [6, 6.07) is 65.7. The molecular weight excluding hydrogens is 528 g/mol. The molecule has 1 aliphatic carbocycles. The molecule has 1 fully saturated rings. The summed E-state index contributed by atoms with van der Waals surface area (Å²) in [5.41, 5.74) is 9.65. The van der Waals surface area contributed by atoms with Gasteiger partial charge < -0.3 is 0 Å². The number of rotatable bonds is 8. The molecule has 0 aromatic heterocycles. The van der Waals surface area contributed by atoms with Crippen LogP contribution in [0.5, 0.6) is 0 Å². The zero-order valence-electron chi connectivity index (χ0n) is 25.1. The van der Waals surface area contributed by atoms with Crippen molar-refractivity contribution in [3.63, 3.8) is 0 Å². The van der Waals surface area contributed by atoms with Gasteiger partial charge in [-0.05, 0) is 44.5 Å². The summed E-state index contributed by atoms with van der Waals surface area (Å²) in [6.07, 6.45) is 5.14. The molecule has 7 rings (SSSR count). The van der Waals surface area contributed by atoms with Gasteiger partial charge in [0.1, 0.15) is 0 Å². The van der Waals surface area contributed by atoms with Crippen LogP contribution in [0.1, 0.15) is 40.3 Å². The molecule has 0 amide bonds. The zero-order chi connectivity index (χ0) is 29.8.